The van der Waals surface area contributed by atoms with E-state index < -0.39 is 0 Å². The van der Waals surface area contributed by atoms with Crippen molar-refractivity contribution in [1.82, 2.24) is 4.57 Å². The van der Waals surface area contributed by atoms with Gasteiger partial charge in [-0.3, -0.25) is 0 Å². The van der Waals surface area contributed by atoms with Gasteiger partial charge in [0.2, 0.25) is 0 Å². The maximum absolute atomic E-state index is 2.45. The molecule has 254 valence electrons. The fraction of sp³-hybridized carbons (Fsp3) is 0. The van der Waals surface area contributed by atoms with Gasteiger partial charge in [0.25, 0.3) is 0 Å². The molecule has 0 aliphatic carbocycles. The van der Waals surface area contributed by atoms with Crippen LogP contribution in [0.3, 0.4) is 0 Å². The minimum Gasteiger partial charge on any atom is -0.310 e. The van der Waals surface area contributed by atoms with Crippen LogP contribution in [-0.4, -0.2) is 4.57 Å². The second kappa shape index (κ2) is 13.4. The highest BCUT2D eigenvalue weighted by Crippen LogP contribution is 2.46. The first-order chi connectivity index (χ1) is 26.8. The van der Waals surface area contributed by atoms with E-state index in [1.807, 2.05) is 0 Å². The third kappa shape index (κ3) is 5.44. The number of benzene rings is 9. The molecule has 9 aromatic carbocycles. The topological polar surface area (TPSA) is 8.17 Å². The van der Waals surface area contributed by atoms with E-state index in [-0.39, 0.29) is 0 Å². The maximum atomic E-state index is 2.45. The van der Waals surface area contributed by atoms with Crippen LogP contribution < -0.4 is 4.90 Å². The predicted molar refractivity (Wildman–Crippen MR) is 229 cm³/mol. The number of aromatic nitrogens is 1. The fourth-order valence-electron chi connectivity index (χ4n) is 8.13. The maximum Gasteiger partial charge on any atom is 0.0561 e. The van der Waals surface area contributed by atoms with Crippen LogP contribution in [0.4, 0.5) is 17.1 Å². The third-order valence-corrected chi connectivity index (χ3v) is 10.6. The lowest BCUT2D eigenvalue weighted by Gasteiger charge is -2.29. The molecule has 0 spiro atoms. The number of fused-ring (bicyclic) bond motifs is 4. The molecule has 0 saturated carbocycles. The van der Waals surface area contributed by atoms with Crippen molar-refractivity contribution in [1.29, 1.82) is 0 Å². The van der Waals surface area contributed by atoms with Crippen molar-refractivity contribution < 1.29 is 0 Å². The van der Waals surface area contributed by atoms with Crippen LogP contribution >= 0.6 is 0 Å². The highest BCUT2D eigenvalue weighted by atomic mass is 15.1. The second-order valence-corrected chi connectivity index (χ2v) is 13.7. The van der Waals surface area contributed by atoms with Gasteiger partial charge in [-0.2, -0.15) is 0 Å². The average Bonchev–Trinajstić information content (AvgIpc) is 3.59. The first-order valence-electron chi connectivity index (χ1n) is 18.5. The van der Waals surface area contributed by atoms with Crippen molar-refractivity contribution in [2.45, 2.75) is 0 Å². The molecule has 0 aliphatic rings. The van der Waals surface area contributed by atoms with E-state index in [2.05, 4.69) is 228 Å². The van der Waals surface area contributed by atoms with Gasteiger partial charge in [0.1, 0.15) is 0 Å². The van der Waals surface area contributed by atoms with Crippen molar-refractivity contribution in [3.8, 4) is 39.1 Å². The summed E-state index contributed by atoms with van der Waals surface area (Å²) in [6.45, 7) is 0. The minimum atomic E-state index is 1.09. The fourth-order valence-corrected chi connectivity index (χ4v) is 8.13. The molecule has 0 N–H and O–H groups in total. The molecule has 0 unspecified atom stereocenters. The van der Waals surface area contributed by atoms with Gasteiger partial charge in [-0.05, 0) is 87.3 Å². The molecule has 10 rings (SSSR count). The van der Waals surface area contributed by atoms with E-state index >= 15 is 0 Å². The molecule has 0 saturated heterocycles. The molecule has 0 bridgehead atoms. The molecule has 0 fully saturated rings. The van der Waals surface area contributed by atoms with Crippen LogP contribution in [0.5, 0.6) is 0 Å². The first kappa shape index (κ1) is 31.6. The second-order valence-electron chi connectivity index (χ2n) is 13.7. The Morgan fingerprint density at radius 3 is 1.46 bits per heavy atom. The number of para-hydroxylation sites is 2. The minimum absolute atomic E-state index is 1.09. The molecule has 2 heteroatoms. The highest BCUT2D eigenvalue weighted by Gasteiger charge is 2.21. The zero-order chi connectivity index (χ0) is 35.8. The summed E-state index contributed by atoms with van der Waals surface area (Å²) in [5.41, 5.74) is 14.0. The molecule has 10 aromatic rings. The Balaban J connectivity index is 1.27. The summed E-state index contributed by atoms with van der Waals surface area (Å²) in [4.78, 5) is 2.45. The van der Waals surface area contributed by atoms with E-state index in [0.717, 1.165) is 22.7 Å². The van der Waals surface area contributed by atoms with Crippen molar-refractivity contribution in [3.05, 3.63) is 218 Å². The Labute approximate surface area is 315 Å². The van der Waals surface area contributed by atoms with Crippen LogP contribution in [0.1, 0.15) is 0 Å². The Kier molecular flexibility index (Phi) is 7.85. The molecule has 1 aromatic heterocycles. The first-order valence-corrected chi connectivity index (χ1v) is 18.5. The van der Waals surface area contributed by atoms with Crippen LogP contribution in [0.2, 0.25) is 0 Å². The molecule has 1 heterocycles. The van der Waals surface area contributed by atoms with Gasteiger partial charge >= 0.3 is 0 Å². The Morgan fingerprint density at radius 2 is 0.778 bits per heavy atom. The van der Waals surface area contributed by atoms with Gasteiger partial charge in [0.15, 0.2) is 0 Å². The largest absolute Gasteiger partial charge is 0.310 e. The molecule has 0 amide bonds. The lowest BCUT2D eigenvalue weighted by atomic mass is 9.93. The standard InChI is InChI=1S/C52H36N2/c1-5-17-37(18-6-1)43-33-34-51(46-26-14-13-25-45(43)46)53(41-29-31-44(38-19-7-2-8-20-38)49(35-41)39-21-9-3-10-22-39)42-30-32-48-47-27-15-16-28-50(47)54(52(48)36-42)40-23-11-4-12-24-40/h1-36H. The van der Waals surface area contributed by atoms with Crippen LogP contribution in [0.15, 0.2) is 218 Å². The number of nitrogens with zero attached hydrogens (tertiary/aromatic N) is 2. The smallest absolute Gasteiger partial charge is 0.0561 e. The van der Waals surface area contributed by atoms with Crippen LogP contribution in [0, 0.1) is 0 Å². The van der Waals surface area contributed by atoms with E-state index in [0.29, 0.717) is 0 Å². The van der Waals surface area contributed by atoms with E-state index in [9.17, 15) is 0 Å². The molecule has 2 nitrogen and oxygen atoms in total. The molecular weight excluding hydrogens is 653 g/mol. The lowest BCUT2D eigenvalue weighted by molar-refractivity contribution is 1.18. The quantitative estimate of drug-likeness (QED) is 0.162. The number of rotatable bonds is 7. The Bertz CT molecular complexity index is 2910. The van der Waals surface area contributed by atoms with Gasteiger partial charge in [0.05, 0.1) is 16.7 Å². The third-order valence-electron chi connectivity index (χ3n) is 10.6. The molecule has 0 radical (unpaired) electrons. The van der Waals surface area contributed by atoms with Gasteiger partial charge in [-0.25, -0.2) is 0 Å². The zero-order valence-electron chi connectivity index (χ0n) is 29.7. The normalized spacial score (nSPS) is 11.3. The lowest BCUT2D eigenvalue weighted by Crippen LogP contribution is -2.11. The van der Waals surface area contributed by atoms with Crippen molar-refractivity contribution >= 4 is 49.6 Å². The van der Waals surface area contributed by atoms with Crippen molar-refractivity contribution in [2.75, 3.05) is 4.90 Å². The van der Waals surface area contributed by atoms with Gasteiger partial charge in [-0.1, -0.05) is 170 Å². The predicted octanol–water partition coefficient (Wildman–Crippen LogP) is 14.4. The van der Waals surface area contributed by atoms with Crippen LogP contribution in [0.25, 0.3) is 71.6 Å². The number of hydrogen-bond donors (Lipinski definition) is 0. The van der Waals surface area contributed by atoms with Gasteiger partial charge in [-0.15, -0.1) is 0 Å². The summed E-state index contributed by atoms with van der Waals surface area (Å²) < 4.78 is 2.40. The summed E-state index contributed by atoms with van der Waals surface area (Å²) in [6, 6.07) is 78.9. The summed E-state index contributed by atoms with van der Waals surface area (Å²) in [5.74, 6) is 0. The summed E-state index contributed by atoms with van der Waals surface area (Å²) in [7, 11) is 0. The van der Waals surface area contributed by atoms with Gasteiger partial charge < -0.3 is 9.47 Å². The summed E-state index contributed by atoms with van der Waals surface area (Å²) >= 11 is 0. The van der Waals surface area contributed by atoms with Crippen molar-refractivity contribution in [3.63, 3.8) is 0 Å². The number of hydrogen-bond acceptors (Lipinski definition) is 1. The monoisotopic (exact) mass is 688 g/mol. The SMILES string of the molecule is c1ccc(-c2ccc(N(c3ccc4c5ccccc5n(-c5ccccc5)c4c3)c3ccc(-c4ccccc4)c4ccccc34)cc2-c2ccccc2)cc1. The molecular formula is C52H36N2. The Morgan fingerprint density at radius 1 is 0.296 bits per heavy atom. The molecule has 54 heavy (non-hydrogen) atoms. The molecule has 0 aliphatic heterocycles. The van der Waals surface area contributed by atoms with E-state index in [1.165, 1.54) is 66.0 Å². The summed E-state index contributed by atoms with van der Waals surface area (Å²) in [5, 5.41) is 4.88. The van der Waals surface area contributed by atoms with E-state index in [4.69, 9.17) is 0 Å². The van der Waals surface area contributed by atoms with Gasteiger partial charge in [0, 0.05) is 33.2 Å². The Hall–Kier alpha value is -7.16. The average molecular weight is 689 g/mol. The van der Waals surface area contributed by atoms with E-state index in [1.54, 1.807) is 0 Å². The highest BCUT2D eigenvalue weighted by molar-refractivity contribution is 6.11. The zero-order valence-corrected chi connectivity index (χ0v) is 29.7. The number of anilines is 3. The van der Waals surface area contributed by atoms with Crippen molar-refractivity contribution in [2.24, 2.45) is 0 Å². The molecule has 0 atom stereocenters. The summed E-state index contributed by atoms with van der Waals surface area (Å²) in [6.07, 6.45) is 0. The van der Waals surface area contributed by atoms with Crippen LogP contribution in [-0.2, 0) is 0 Å².